The first-order valence-electron chi connectivity index (χ1n) is 15.0. The summed E-state index contributed by atoms with van der Waals surface area (Å²) in [4.78, 5) is 23.3. The Labute approximate surface area is 266 Å². The summed E-state index contributed by atoms with van der Waals surface area (Å²) < 4.78 is 108. The number of carbonyl (C=O) groups excluding carboxylic acids is 2. The lowest BCUT2D eigenvalue weighted by atomic mass is 9.92. The van der Waals surface area contributed by atoms with Gasteiger partial charge in [0.15, 0.2) is 0 Å². The normalized spacial score (nSPS) is 11.7. The van der Waals surface area contributed by atoms with Gasteiger partial charge in [-0.3, -0.25) is 9.59 Å². The van der Waals surface area contributed by atoms with E-state index in [1.165, 1.54) is 0 Å². The van der Waals surface area contributed by atoms with Crippen LogP contribution in [0.3, 0.4) is 0 Å². The third kappa shape index (κ3) is 19.9. The highest BCUT2D eigenvalue weighted by atomic mass is 19.2. The zero-order valence-corrected chi connectivity index (χ0v) is 26.7. The maximum atomic E-state index is 13.5. The highest BCUT2D eigenvalue weighted by Gasteiger charge is 2.28. The Morgan fingerprint density at radius 1 is 0.522 bits per heavy atom. The predicted molar refractivity (Wildman–Crippen MR) is 154 cm³/mol. The molecular weight excluding hydrogens is 629 g/mol. The lowest BCUT2D eigenvalue weighted by Crippen LogP contribution is -2.28. The van der Waals surface area contributed by atoms with Gasteiger partial charge in [0.05, 0.1) is 98.9 Å². The molecule has 1 rings (SSSR count). The first kappa shape index (κ1) is 41.6. The van der Waals surface area contributed by atoms with E-state index >= 15 is 0 Å². The van der Waals surface area contributed by atoms with Crippen molar-refractivity contribution in [2.45, 2.75) is 40.0 Å². The number of hydrogen-bond acceptors (Lipinski definition) is 10. The zero-order valence-electron chi connectivity index (χ0n) is 26.7. The van der Waals surface area contributed by atoms with E-state index in [1.54, 1.807) is 0 Å². The van der Waals surface area contributed by atoms with Crippen molar-refractivity contribution in [3.8, 4) is 5.75 Å². The van der Waals surface area contributed by atoms with E-state index in [9.17, 15) is 31.5 Å². The molecule has 1 aromatic rings. The van der Waals surface area contributed by atoms with Crippen LogP contribution in [-0.4, -0.2) is 111 Å². The van der Waals surface area contributed by atoms with Gasteiger partial charge in [-0.15, -0.1) is 0 Å². The van der Waals surface area contributed by atoms with Crippen LogP contribution in [0.5, 0.6) is 5.75 Å². The SMILES string of the molecule is CC(C)(C)CCNC(=O)CCOCCOCCOCCOCCOCCOCCOCCC(=O)Oc1c(F)c(F)c(F)c(F)c1F. The Hall–Kier alpha value is -2.47. The average molecular weight is 676 g/mol. The van der Waals surface area contributed by atoms with Crippen molar-refractivity contribution in [3.63, 3.8) is 0 Å². The van der Waals surface area contributed by atoms with Crippen molar-refractivity contribution in [2.24, 2.45) is 5.41 Å². The summed E-state index contributed by atoms with van der Waals surface area (Å²) >= 11 is 0. The summed E-state index contributed by atoms with van der Waals surface area (Å²) in [5.74, 6) is -14.2. The molecule has 46 heavy (non-hydrogen) atoms. The Bertz CT molecular complexity index is 984. The van der Waals surface area contributed by atoms with Crippen molar-refractivity contribution in [3.05, 3.63) is 29.1 Å². The highest BCUT2D eigenvalue weighted by Crippen LogP contribution is 2.29. The van der Waals surface area contributed by atoms with Gasteiger partial charge >= 0.3 is 5.97 Å². The number of esters is 1. The van der Waals surface area contributed by atoms with Gasteiger partial charge in [-0.2, -0.15) is 8.78 Å². The first-order chi connectivity index (χ1) is 21.9. The number of hydrogen-bond donors (Lipinski definition) is 1. The van der Waals surface area contributed by atoms with Crippen molar-refractivity contribution in [1.29, 1.82) is 0 Å². The van der Waals surface area contributed by atoms with Gasteiger partial charge in [0, 0.05) is 13.0 Å². The van der Waals surface area contributed by atoms with Crippen LogP contribution < -0.4 is 10.1 Å². The van der Waals surface area contributed by atoms with Crippen LogP contribution in [0.1, 0.15) is 40.0 Å². The van der Waals surface area contributed by atoms with E-state index in [0.29, 0.717) is 79.0 Å². The van der Waals surface area contributed by atoms with E-state index in [-0.39, 0.29) is 37.7 Å². The molecule has 0 fully saturated rings. The Balaban J connectivity index is 1.82. The van der Waals surface area contributed by atoms with Crippen LogP contribution in [0, 0.1) is 34.5 Å². The van der Waals surface area contributed by atoms with Gasteiger partial charge in [0.2, 0.25) is 40.7 Å². The molecule has 1 aromatic carbocycles. The van der Waals surface area contributed by atoms with Gasteiger partial charge in [-0.05, 0) is 11.8 Å². The van der Waals surface area contributed by atoms with Gasteiger partial charge in [-0.25, -0.2) is 13.2 Å². The Kier molecular flexibility index (Phi) is 22.3. The molecule has 0 saturated carbocycles. The molecule has 0 aliphatic heterocycles. The summed E-state index contributed by atoms with van der Waals surface area (Å²) in [5.41, 5.74) is 0.188. The molecule has 0 bridgehead atoms. The third-order valence-corrected chi connectivity index (χ3v) is 5.74. The second kappa shape index (κ2) is 24.7. The van der Waals surface area contributed by atoms with Crippen LogP contribution in [0.2, 0.25) is 0 Å². The third-order valence-electron chi connectivity index (χ3n) is 5.74. The number of nitrogens with one attached hydrogen (secondary N) is 1. The fourth-order valence-corrected chi connectivity index (χ4v) is 3.25. The second-order valence-electron chi connectivity index (χ2n) is 10.8. The average Bonchev–Trinajstić information content (AvgIpc) is 3.00. The maximum Gasteiger partial charge on any atom is 0.313 e. The van der Waals surface area contributed by atoms with Gasteiger partial charge in [-0.1, -0.05) is 20.8 Å². The summed E-state index contributed by atoms with van der Waals surface area (Å²) in [7, 11) is 0. The minimum Gasteiger partial charge on any atom is -0.420 e. The molecule has 11 nitrogen and oxygen atoms in total. The lowest BCUT2D eigenvalue weighted by Gasteiger charge is -2.17. The molecule has 0 unspecified atom stereocenters. The molecule has 0 aromatic heterocycles. The molecule has 0 atom stereocenters. The molecule has 1 amide bonds. The van der Waals surface area contributed by atoms with Crippen molar-refractivity contribution < 1.29 is 69.4 Å². The fraction of sp³-hybridized carbons (Fsp3) is 0.733. The van der Waals surface area contributed by atoms with Crippen LogP contribution in [-0.2, 0) is 42.7 Å². The van der Waals surface area contributed by atoms with E-state index < -0.39 is 47.2 Å². The van der Waals surface area contributed by atoms with E-state index in [4.69, 9.17) is 33.2 Å². The number of rotatable bonds is 27. The van der Waals surface area contributed by atoms with Crippen LogP contribution >= 0.6 is 0 Å². The summed E-state index contributed by atoms with van der Waals surface area (Å²) in [6.45, 7) is 11.2. The largest absolute Gasteiger partial charge is 0.420 e. The van der Waals surface area contributed by atoms with Gasteiger partial charge in [0.1, 0.15) is 0 Å². The minimum absolute atomic E-state index is 0.0180. The maximum absolute atomic E-state index is 13.5. The first-order valence-corrected chi connectivity index (χ1v) is 15.0. The standard InChI is InChI=1S/C30H46F5NO10/c1-30(2,3)6-7-36-22(37)4-8-39-10-12-41-14-16-43-18-20-45-21-19-44-17-15-42-13-11-40-9-5-23(38)46-29-27(34)25(32)24(31)26(33)28(29)35/h4-21H2,1-3H3,(H,36,37). The topological polar surface area (TPSA) is 120 Å². The quantitative estimate of drug-likeness (QED) is 0.0369. The summed E-state index contributed by atoms with van der Waals surface area (Å²) in [6.07, 6.45) is 0.757. The number of ether oxygens (including phenoxy) is 8. The highest BCUT2D eigenvalue weighted by molar-refractivity contribution is 5.75. The number of amides is 1. The summed E-state index contributed by atoms with van der Waals surface area (Å²) in [6, 6.07) is 0. The lowest BCUT2D eigenvalue weighted by molar-refractivity contribution is -0.136. The minimum atomic E-state index is -2.35. The molecular formula is C30H46F5NO10. The Morgan fingerprint density at radius 2 is 0.848 bits per heavy atom. The van der Waals surface area contributed by atoms with Crippen molar-refractivity contribution >= 4 is 11.9 Å². The molecule has 0 radical (unpaired) electrons. The van der Waals surface area contributed by atoms with Crippen molar-refractivity contribution in [2.75, 3.05) is 99.0 Å². The molecule has 0 heterocycles. The van der Waals surface area contributed by atoms with Crippen LogP contribution in [0.25, 0.3) is 0 Å². The van der Waals surface area contributed by atoms with Crippen LogP contribution in [0.15, 0.2) is 0 Å². The Morgan fingerprint density at radius 3 is 1.22 bits per heavy atom. The number of benzene rings is 1. The smallest absolute Gasteiger partial charge is 0.313 e. The molecule has 0 aliphatic carbocycles. The van der Waals surface area contributed by atoms with Crippen molar-refractivity contribution in [1.82, 2.24) is 5.32 Å². The van der Waals surface area contributed by atoms with E-state index in [2.05, 4.69) is 30.8 Å². The van der Waals surface area contributed by atoms with E-state index in [1.807, 2.05) is 0 Å². The van der Waals surface area contributed by atoms with Gasteiger partial charge < -0.3 is 43.2 Å². The second-order valence-corrected chi connectivity index (χ2v) is 10.8. The summed E-state index contributed by atoms with van der Waals surface area (Å²) in [5, 5.41) is 2.88. The molecule has 1 N–H and O–H groups in total. The monoisotopic (exact) mass is 675 g/mol. The zero-order chi connectivity index (χ0) is 34.2. The van der Waals surface area contributed by atoms with E-state index in [0.717, 1.165) is 6.42 Å². The number of carbonyl (C=O) groups is 2. The molecule has 0 spiro atoms. The molecule has 16 heteroatoms. The molecule has 266 valence electrons. The predicted octanol–water partition coefficient (Wildman–Crippen LogP) is 3.74. The van der Waals surface area contributed by atoms with Crippen LogP contribution in [0.4, 0.5) is 22.0 Å². The molecule has 0 saturated heterocycles. The number of halogens is 5. The fourth-order valence-electron chi connectivity index (χ4n) is 3.25. The molecule has 0 aliphatic rings. The van der Waals surface area contributed by atoms with Gasteiger partial charge in [0.25, 0.3) is 0 Å².